The molecule has 0 unspecified atom stereocenters. The van der Waals surface area contributed by atoms with E-state index in [0.29, 0.717) is 5.96 Å². The third-order valence-electron chi connectivity index (χ3n) is 2.08. The normalized spacial score (nSPS) is 11.7. The van der Waals surface area contributed by atoms with E-state index in [9.17, 15) is 0 Å². The summed E-state index contributed by atoms with van der Waals surface area (Å²) in [5.41, 5.74) is 5.65. The Morgan fingerprint density at radius 2 is 2.47 bits per heavy atom. The number of aromatic nitrogens is 2. The molecule has 0 fully saturated rings. The molecule has 84 valence electrons. The van der Waals surface area contributed by atoms with Crippen LogP contribution in [0.3, 0.4) is 0 Å². The van der Waals surface area contributed by atoms with E-state index in [0.717, 1.165) is 31.8 Å². The lowest BCUT2D eigenvalue weighted by Gasteiger charge is -2.05. The highest BCUT2D eigenvalue weighted by molar-refractivity contribution is 5.77. The minimum atomic E-state index is 0.519. The van der Waals surface area contributed by atoms with Gasteiger partial charge < -0.3 is 15.6 Å². The van der Waals surface area contributed by atoms with Gasteiger partial charge in [0, 0.05) is 39.0 Å². The van der Waals surface area contributed by atoms with Crippen molar-refractivity contribution in [1.29, 1.82) is 0 Å². The molecule has 0 radical (unpaired) electrons. The molecule has 0 amide bonds. The van der Waals surface area contributed by atoms with E-state index in [1.54, 1.807) is 6.20 Å². The number of aliphatic imine (C=N–C) groups is 1. The molecule has 0 aliphatic carbocycles. The van der Waals surface area contributed by atoms with Gasteiger partial charge in [-0.15, -0.1) is 0 Å². The number of hydrogen-bond acceptors (Lipinski definition) is 2. The van der Waals surface area contributed by atoms with Gasteiger partial charge in [-0.05, 0) is 6.42 Å². The first-order chi connectivity index (χ1) is 7.24. The van der Waals surface area contributed by atoms with Crippen LogP contribution in [0.25, 0.3) is 0 Å². The van der Waals surface area contributed by atoms with Crippen LogP contribution in [0.4, 0.5) is 0 Å². The SMILES string of the molecule is CCCN=C(N)NCCc1nccn1C. The number of nitrogens with one attached hydrogen (secondary N) is 1. The van der Waals surface area contributed by atoms with Gasteiger partial charge in [0.25, 0.3) is 0 Å². The molecule has 0 saturated carbocycles. The molecule has 1 rings (SSSR count). The summed E-state index contributed by atoms with van der Waals surface area (Å²) >= 11 is 0. The average molecular weight is 209 g/mol. The lowest BCUT2D eigenvalue weighted by molar-refractivity contribution is 0.744. The van der Waals surface area contributed by atoms with E-state index in [-0.39, 0.29) is 0 Å². The Morgan fingerprint density at radius 1 is 1.67 bits per heavy atom. The Kier molecular flexibility index (Phi) is 4.66. The van der Waals surface area contributed by atoms with Gasteiger partial charge in [0.05, 0.1) is 0 Å². The number of nitrogens with zero attached hydrogens (tertiary/aromatic N) is 3. The highest BCUT2D eigenvalue weighted by Crippen LogP contribution is 1.93. The number of guanidine groups is 1. The topological polar surface area (TPSA) is 68.2 Å². The quantitative estimate of drug-likeness (QED) is 0.540. The molecule has 0 spiro atoms. The fourth-order valence-electron chi connectivity index (χ4n) is 1.23. The first kappa shape index (κ1) is 11.6. The molecule has 3 N–H and O–H groups in total. The van der Waals surface area contributed by atoms with Gasteiger partial charge in [-0.2, -0.15) is 0 Å². The molecule has 1 aromatic heterocycles. The van der Waals surface area contributed by atoms with E-state index in [2.05, 4.69) is 22.2 Å². The lowest BCUT2D eigenvalue weighted by Crippen LogP contribution is -2.33. The van der Waals surface area contributed by atoms with Gasteiger partial charge in [-0.25, -0.2) is 4.98 Å². The maximum absolute atomic E-state index is 5.65. The van der Waals surface area contributed by atoms with E-state index < -0.39 is 0 Å². The van der Waals surface area contributed by atoms with Crippen LogP contribution >= 0.6 is 0 Å². The molecule has 0 atom stereocenters. The molecule has 0 bridgehead atoms. The van der Waals surface area contributed by atoms with Crippen LogP contribution in [0.2, 0.25) is 0 Å². The summed E-state index contributed by atoms with van der Waals surface area (Å²) in [6.45, 7) is 3.62. The van der Waals surface area contributed by atoms with Gasteiger partial charge in [0.15, 0.2) is 5.96 Å². The molecular formula is C10H19N5. The van der Waals surface area contributed by atoms with Gasteiger partial charge in [0.2, 0.25) is 0 Å². The maximum Gasteiger partial charge on any atom is 0.188 e. The van der Waals surface area contributed by atoms with Crippen LogP contribution in [0, 0.1) is 0 Å². The molecule has 1 aromatic rings. The fraction of sp³-hybridized carbons (Fsp3) is 0.600. The second kappa shape index (κ2) is 6.06. The van der Waals surface area contributed by atoms with E-state index in [1.807, 2.05) is 17.8 Å². The van der Waals surface area contributed by atoms with Crippen LogP contribution < -0.4 is 11.1 Å². The Balaban J connectivity index is 2.25. The highest BCUT2D eigenvalue weighted by Gasteiger charge is 1.98. The summed E-state index contributed by atoms with van der Waals surface area (Å²) in [6.07, 6.45) is 5.60. The minimum Gasteiger partial charge on any atom is -0.370 e. The Bertz CT molecular complexity index is 315. The second-order valence-electron chi connectivity index (χ2n) is 3.40. The first-order valence-electron chi connectivity index (χ1n) is 5.24. The number of rotatable bonds is 5. The van der Waals surface area contributed by atoms with Crippen molar-refractivity contribution >= 4 is 5.96 Å². The molecule has 15 heavy (non-hydrogen) atoms. The summed E-state index contributed by atoms with van der Waals surface area (Å²) in [5, 5.41) is 3.06. The largest absolute Gasteiger partial charge is 0.370 e. The predicted octanol–water partition coefficient (Wildman–Crippen LogP) is 0.277. The standard InChI is InChI=1S/C10H19N5/c1-3-5-13-10(11)14-6-4-9-12-7-8-15(9)2/h7-8H,3-6H2,1-2H3,(H3,11,13,14). The summed E-state index contributed by atoms with van der Waals surface area (Å²) in [5.74, 6) is 1.57. The van der Waals surface area contributed by atoms with Crippen molar-refractivity contribution in [3.8, 4) is 0 Å². The zero-order valence-electron chi connectivity index (χ0n) is 9.40. The van der Waals surface area contributed by atoms with Crippen molar-refractivity contribution in [2.24, 2.45) is 17.8 Å². The second-order valence-corrected chi connectivity index (χ2v) is 3.40. The molecule has 0 aliphatic rings. The van der Waals surface area contributed by atoms with Crippen LogP contribution in [0.1, 0.15) is 19.2 Å². The maximum atomic E-state index is 5.65. The minimum absolute atomic E-state index is 0.519. The van der Waals surface area contributed by atoms with Gasteiger partial charge >= 0.3 is 0 Å². The van der Waals surface area contributed by atoms with E-state index in [1.165, 1.54) is 0 Å². The van der Waals surface area contributed by atoms with Crippen molar-refractivity contribution in [3.63, 3.8) is 0 Å². The number of hydrogen-bond donors (Lipinski definition) is 2. The van der Waals surface area contributed by atoms with Crippen molar-refractivity contribution in [2.75, 3.05) is 13.1 Å². The Hall–Kier alpha value is -1.52. The van der Waals surface area contributed by atoms with Crippen LogP contribution in [-0.4, -0.2) is 28.6 Å². The third kappa shape index (κ3) is 4.01. The number of aryl methyl sites for hydroxylation is 1. The fourth-order valence-corrected chi connectivity index (χ4v) is 1.23. The van der Waals surface area contributed by atoms with Crippen molar-refractivity contribution < 1.29 is 0 Å². The predicted molar refractivity (Wildman–Crippen MR) is 61.7 cm³/mol. The van der Waals surface area contributed by atoms with Crippen LogP contribution in [0.15, 0.2) is 17.4 Å². The number of nitrogens with two attached hydrogens (primary N) is 1. The van der Waals surface area contributed by atoms with E-state index in [4.69, 9.17) is 5.73 Å². The smallest absolute Gasteiger partial charge is 0.188 e. The van der Waals surface area contributed by atoms with Crippen molar-refractivity contribution in [2.45, 2.75) is 19.8 Å². The monoisotopic (exact) mass is 209 g/mol. The van der Waals surface area contributed by atoms with Crippen LogP contribution in [0.5, 0.6) is 0 Å². The van der Waals surface area contributed by atoms with Gasteiger partial charge in [-0.1, -0.05) is 6.92 Å². The summed E-state index contributed by atoms with van der Waals surface area (Å²) in [7, 11) is 1.98. The zero-order valence-corrected chi connectivity index (χ0v) is 9.40. The first-order valence-corrected chi connectivity index (χ1v) is 5.24. The molecular weight excluding hydrogens is 190 g/mol. The summed E-state index contributed by atoms with van der Waals surface area (Å²) < 4.78 is 2.00. The average Bonchev–Trinajstić information content (AvgIpc) is 2.61. The molecule has 5 heteroatoms. The zero-order chi connectivity index (χ0) is 11.1. The summed E-state index contributed by atoms with van der Waals surface area (Å²) in [6, 6.07) is 0. The van der Waals surface area contributed by atoms with Crippen molar-refractivity contribution in [3.05, 3.63) is 18.2 Å². The van der Waals surface area contributed by atoms with E-state index >= 15 is 0 Å². The molecule has 0 saturated heterocycles. The molecule has 1 heterocycles. The lowest BCUT2D eigenvalue weighted by atomic mass is 10.4. The Morgan fingerprint density at radius 3 is 3.07 bits per heavy atom. The molecule has 0 aromatic carbocycles. The molecule has 5 nitrogen and oxygen atoms in total. The highest BCUT2D eigenvalue weighted by atomic mass is 15.1. The van der Waals surface area contributed by atoms with Crippen LogP contribution in [-0.2, 0) is 13.5 Å². The van der Waals surface area contributed by atoms with Gasteiger partial charge in [0.1, 0.15) is 5.82 Å². The number of imidazole rings is 1. The Labute approximate surface area is 90.4 Å². The third-order valence-corrected chi connectivity index (χ3v) is 2.08. The van der Waals surface area contributed by atoms with Crippen molar-refractivity contribution in [1.82, 2.24) is 14.9 Å². The molecule has 0 aliphatic heterocycles. The summed E-state index contributed by atoms with van der Waals surface area (Å²) in [4.78, 5) is 8.36. The van der Waals surface area contributed by atoms with Gasteiger partial charge in [-0.3, -0.25) is 4.99 Å².